The number of nitrogens with zero attached hydrogens (tertiary/aromatic N) is 1. The largest absolute Gasteiger partial charge is 0.374 e. The van der Waals surface area contributed by atoms with Crippen LogP contribution in [0.2, 0.25) is 5.02 Å². The summed E-state index contributed by atoms with van der Waals surface area (Å²) in [6.45, 7) is 3.10. The number of halogens is 1. The van der Waals surface area contributed by atoms with E-state index in [0.717, 1.165) is 23.0 Å². The van der Waals surface area contributed by atoms with Gasteiger partial charge in [0.25, 0.3) is 0 Å². The molecule has 1 fully saturated rings. The summed E-state index contributed by atoms with van der Waals surface area (Å²) in [7, 11) is 2.16. The van der Waals surface area contributed by atoms with Crippen molar-refractivity contribution in [1.82, 2.24) is 0 Å². The molecule has 0 aliphatic heterocycles. The van der Waals surface area contributed by atoms with Crippen LogP contribution >= 0.6 is 11.6 Å². The maximum Gasteiger partial charge on any atom is 0.0474 e. The minimum Gasteiger partial charge on any atom is -0.374 e. The second-order valence-electron chi connectivity index (χ2n) is 5.88. The lowest BCUT2D eigenvalue weighted by Gasteiger charge is -2.28. The van der Waals surface area contributed by atoms with Crippen LogP contribution in [0.5, 0.6) is 0 Å². The molecule has 106 valence electrons. The Morgan fingerprint density at radius 2 is 2.00 bits per heavy atom. The van der Waals surface area contributed by atoms with E-state index in [1.807, 2.05) is 13.0 Å². The number of nitrogens with two attached hydrogens (primary N) is 1. The molecule has 1 aromatic carbocycles. The Bertz CT molecular complexity index is 411. The van der Waals surface area contributed by atoms with Gasteiger partial charge in [0.1, 0.15) is 0 Å². The maximum atomic E-state index is 6.30. The Morgan fingerprint density at radius 1 is 1.32 bits per heavy atom. The number of hydrogen-bond acceptors (Lipinski definition) is 2. The van der Waals surface area contributed by atoms with E-state index in [4.69, 9.17) is 17.3 Å². The van der Waals surface area contributed by atoms with E-state index in [-0.39, 0.29) is 6.04 Å². The quantitative estimate of drug-likeness (QED) is 0.887. The number of hydrogen-bond donors (Lipinski definition) is 1. The van der Waals surface area contributed by atoms with Crippen molar-refractivity contribution < 1.29 is 0 Å². The van der Waals surface area contributed by atoms with E-state index < -0.39 is 0 Å². The minimum atomic E-state index is -0.00907. The number of rotatable bonds is 4. The molecule has 3 heteroatoms. The first-order chi connectivity index (χ1) is 9.08. The Morgan fingerprint density at radius 3 is 2.58 bits per heavy atom. The van der Waals surface area contributed by atoms with Gasteiger partial charge in [0.05, 0.1) is 0 Å². The van der Waals surface area contributed by atoms with Crippen LogP contribution in [0.3, 0.4) is 0 Å². The first kappa shape index (κ1) is 14.7. The minimum absolute atomic E-state index is 0.00907. The monoisotopic (exact) mass is 280 g/mol. The third-order valence-corrected chi connectivity index (χ3v) is 4.50. The first-order valence-corrected chi connectivity index (χ1v) is 7.72. The highest BCUT2D eigenvalue weighted by Crippen LogP contribution is 2.29. The molecule has 2 N–H and O–H groups in total. The zero-order chi connectivity index (χ0) is 13.8. The lowest BCUT2D eigenvalue weighted by atomic mass is 9.89. The van der Waals surface area contributed by atoms with E-state index >= 15 is 0 Å². The van der Waals surface area contributed by atoms with Gasteiger partial charge in [-0.15, -0.1) is 0 Å². The molecule has 0 saturated heterocycles. The molecule has 1 aliphatic rings. The van der Waals surface area contributed by atoms with E-state index in [9.17, 15) is 0 Å². The predicted octanol–water partition coefficient (Wildman–Crippen LogP) is 4.38. The summed E-state index contributed by atoms with van der Waals surface area (Å²) in [6.07, 6.45) is 6.94. The molecule has 1 aliphatic carbocycles. The van der Waals surface area contributed by atoms with Crippen molar-refractivity contribution in [2.45, 2.75) is 45.1 Å². The third-order valence-electron chi connectivity index (χ3n) is 4.17. The molecule has 0 heterocycles. The van der Waals surface area contributed by atoms with E-state index in [1.165, 1.54) is 37.8 Å². The SMILES string of the molecule is CC(N)c1ccc(N(C)CC2CCCCC2)cc1Cl. The average Bonchev–Trinajstić information content (AvgIpc) is 2.39. The fourth-order valence-electron chi connectivity index (χ4n) is 2.99. The average molecular weight is 281 g/mol. The van der Waals surface area contributed by atoms with Crippen LogP contribution in [-0.2, 0) is 0 Å². The second kappa shape index (κ2) is 6.62. The highest BCUT2D eigenvalue weighted by molar-refractivity contribution is 6.31. The summed E-state index contributed by atoms with van der Waals surface area (Å²) in [4.78, 5) is 2.33. The van der Waals surface area contributed by atoms with Gasteiger partial charge in [0, 0.05) is 30.3 Å². The molecule has 0 radical (unpaired) electrons. The molecular formula is C16H25ClN2. The molecule has 0 spiro atoms. The molecule has 0 amide bonds. The number of anilines is 1. The van der Waals surface area contributed by atoms with Gasteiger partial charge in [0.2, 0.25) is 0 Å². The summed E-state index contributed by atoms with van der Waals surface area (Å²) < 4.78 is 0. The fourth-order valence-corrected chi connectivity index (χ4v) is 3.33. The Hall–Kier alpha value is -0.730. The lowest BCUT2D eigenvalue weighted by Crippen LogP contribution is -2.26. The van der Waals surface area contributed by atoms with Crippen molar-refractivity contribution in [3.63, 3.8) is 0 Å². The molecular weight excluding hydrogens is 256 g/mol. The molecule has 19 heavy (non-hydrogen) atoms. The summed E-state index contributed by atoms with van der Waals surface area (Å²) in [5.74, 6) is 0.839. The van der Waals surface area contributed by atoms with Gasteiger partial charge in [-0.3, -0.25) is 0 Å². The van der Waals surface area contributed by atoms with E-state index in [2.05, 4.69) is 24.1 Å². The van der Waals surface area contributed by atoms with Gasteiger partial charge >= 0.3 is 0 Å². The zero-order valence-electron chi connectivity index (χ0n) is 12.0. The van der Waals surface area contributed by atoms with Gasteiger partial charge in [-0.25, -0.2) is 0 Å². The van der Waals surface area contributed by atoms with Crippen LogP contribution in [0.25, 0.3) is 0 Å². The van der Waals surface area contributed by atoms with Crippen molar-refractivity contribution in [2.24, 2.45) is 11.7 Å². The lowest BCUT2D eigenvalue weighted by molar-refractivity contribution is 0.362. The van der Waals surface area contributed by atoms with Gasteiger partial charge in [0.15, 0.2) is 0 Å². The van der Waals surface area contributed by atoms with Crippen LogP contribution < -0.4 is 10.6 Å². The summed E-state index contributed by atoms with van der Waals surface area (Å²) in [5.41, 5.74) is 8.11. The highest BCUT2D eigenvalue weighted by Gasteiger charge is 2.16. The second-order valence-corrected chi connectivity index (χ2v) is 6.29. The number of benzene rings is 1. The van der Waals surface area contributed by atoms with E-state index in [0.29, 0.717) is 0 Å². The maximum absolute atomic E-state index is 6.30. The van der Waals surface area contributed by atoms with Crippen molar-refractivity contribution in [1.29, 1.82) is 0 Å². The van der Waals surface area contributed by atoms with Crippen LogP contribution in [-0.4, -0.2) is 13.6 Å². The smallest absolute Gasteiger partial charge is 0.0474 e. The highest BCUT2D eigenvalue weighted by atomic mass is 35.5. The van der Waals surface area contributed by atoms with Gasteiger partial charge in [-0.05, 0) is 43.4 Å². The molecule has 1 atom stereocenters. The van der Waals surface area contributed by atoms with Crippen LogP contribution in [0.1, 0.15) is 50.6 Å². The molecule has 0 bridgehead atoms. The molecule has 2 nitrogen and oxygen atoms in total. The summed E-state index contributed by atoms with van der Waals surface area (Å²) >= 11 is 6.30. The van der Waals surface area contributed by atoms with Gasteiger partial charge in [-0.1, -0.05) is 36.9 Å². The van der Waals surface area contributed by atoms with Gasteiger partial charge < -0.3 is 10.6 Å². The third kappa shape index (κ3) is 3.87. The Kier molecular flexibility index (Phi) is 5.12. The van der Waals surface area contributed by atoms with Gasteiger partial charge in [-0.2, -0.15) is 0 Å². The molecule has 0 aromatic heterocycles. The van der Waals surface area contributed by atoms with E-state index in [1.54, 1.807) is 0 Å². The van der Waals surface area contributed by atoms with Crippen molar-refractivity contribution in [3.8, 4) is 0 Å². The Labute approximate surface area is 121 Å². The molecule has 1 unspecified atom stereocenters. The van der Waals surface area contributed by atoms with Crippen molar-refractivity contribution in [2.75, 3.05) is 18.5 Å². The van der Waals surface area contributed by atoms with Crippen molar-refractivity contribution in [3.05, 3.63) is 28.8 Å². The topological polar surface area (TPSA) is 29.3 Å². The van der Waals surface area contributed by atoms with Crippen LogP contribution in [0, 0.1) is 5.92 Å². The fraction of sp³-hybridized carbons (Fsp3) is 0.625. The first-order valence-electron chi connectivity index (χ1n) is 7.34. The molecule has 1 aromatic rings. The summed E-state index contributed by atoms with van der Waals surface area (Å²) in [5, 5.41) is 0.781. The van der Waals surface area contributed by atoms with Crippen LogP contribution in [0.15, 0.2) is 18.2 Å². The molecule has 1 saturated carbocycles. The Balaban J connectivity index is 2.02. The normalized spacial score (nSPS) is 18.3. The summed E-state index contributed by atoms with van der Waals surface area (Å²) in [6, 6.07) is 6.22. The van der Waals surface area contributed by atoms with Crippen molar-refractivity contribution >= 4 is 17.3 Å². The predicted molar refractivity (Wildman–Crippen MR) is 83.9 cm³/mol. The zero-order valence-corrected chi connectivity index (χ0v) is 12.8. The standard InChI is InChI=1S/C16H25ClN2/c1-12(18)15-9-8-14(10-16(15)17)19(2)11-13-6-4-3-5-7-13/h8-10,12-13H,3-7,11,18H2,1-2H3. The molecule has 2 rings (SSSR count). The van der Waals surface area contributed by atoms with Crippen LogP contribution in [0.4, 0.5) is 5.69 Å².